The predicted molar refractivity (Wildman–Crippen MR) is 55.1 cm³/mol. The zero-order valence-electron chi connectivity index (χ0n) is 6.01. The van der Waals surface area contributed by atoms with Gasteiger partial charge in [-0.2, -0.15) is 0 Å². The van der Waals surface area contributed by atoms with E-state index in [4.69, 9.17) is 9.92 Å². The quantitative estimate of drug-likeness (QED) is 0.440. The molecule has 2 N–H and O–H groups in total. The van der Waals surface area contributed by atoms with Gasteiger partial charge in [-0.1, -0.05) is 12.8 Å². The molecule has 0 spiro atoms. The van der Waals surface area contributed by atoms with Crippen LogP contribution in [0.25, 0.3) is 0 Å². The summed E-state index contributed by atoms with van der Waals surface area (Å²) in [6.45, 7) is 1.69. The van der Waals surface area contributed by atoms with Crippen LogP contribution in [0.2, 0.25) is 0 Å². The van der Waals surface area contributed by atoms with Gasteiger partial charge < -0.3 is 9.92 Å². The normalized spacial score (nSPS) is 10.2. The minimum absolute atomic E-state index is 0.821. The molecule has 0 aliphatic carbocycles. The van der Waals surface area contributed by atoms with Crippen molar-refractivity contribution in [3.63, 3.8) is 0 Å². The highest BCUT2D eigenvalue weighted by Gasteiger charge is 1.88. The highest BCUT2D eigenvalue weighted by atomic mass is 127. The number of hydrogen-bond acceptors (Lipinski definition) is 3. The first-order valence-corrected chi connectivity index (χ1v) is 6.80. The van der Waals surface area contributed by atoms with Crippen LogP contribution in [0.15, 0.2) is 0 Å². The van der Waals surface area contributed by atoms with Crippen LogP contribution in [-0.2, 0) is 4.18 Å². The van der Waals surface area contributed by atoms with E-state index in [0.717, 1.165) is 26.0 Å². The van der Waals surface area contributed by atoms with Crippen LogP contribution in [0, 0.1) is 0 Å². The molecule has 10 heavy (non-hydrogen) atoms. The second-order valence-electron chi connectivity index (χ2n) is 2.09. The van der Waals surface area contributed by atoms with E-state index in [-0.39, 0.29) is 0 Å². The molecule has 0 aliphatic heterocycles. The summed E-state index contributed by atoms with van der Waals surface area (Å²) in [7, 11) is 1.41. The van der Waals surface area contributed by atoms with Gasteiger partial charge in [-0.15, -0.1) is 0 Å². The van der Waals surface area contributed by atoms with Crippen LogP contribution < -0.4 is 5.73 Å². The van der Waals surface area contributed by atoms with Crippen molar-refractivity contribution in [3.05, 3.63) is 0 Å². The van der Waals surface area contributed by atoms with Gasteiger partial charge in [0.2, 0.25) is 0 Å². The maximum atomic E-state index is 5.33. The lowest BCUT2D eigenvalue weighted by atomic mass is 10.2. The third-order valence-electron chi connectivity index (χ3n) is 1.23. The van der Waals surface area contributed by atoms with Crippen LogP contribution in [0.4, 0.5) is 0 Å². The summed E-state index contributed by atoms with van der Waals surface area (Å²) in [4.78, 5) is 0. The Morgan fingerprint density at radius 3 is 2.50 bits per heavy atom. The van der Waals surface area contributed by atoms with E-state index >= 15 is 0 Å². The Hall–Kier alpha value is 1.00. The number of unbranched alkanes of at least 4 members (excludes halogenated alkanes) is 3. The molecular formula is C6H14INOS. The Balaban J connectivity index is 2.65. The fourth-order valence-electron chi connectivity index (χ4n) is 0.690. The van der Waals surface area contributed by atoms with Crippen LogP contribution in [0.5, 0.6) is 0 Å². The van der Waals surface area contributed by atoms with E-state index in [2.05, 4.69) is 21.2 Å². The zero-order valence-corrected chi connectivity index (χ0v) is 8.99. The van der Waals surface area contributed by atoms with Gasteiger partial charge in [0.25, 0.3) is 0 Å². The molecule has 0 aromatic carbocycles. The zero-order chi connectivity index (χ0) is 7.66. The molecule has 0 fully saturated rings. The first kappa shape index (κ1) is 11.0. The smallest absolute Gasteiger partial charge is 0.0650 e. The van der Waals surface area contributed by atoms with Crippen LogP contribution in [0.1, 0.15) is 25.7 Å². The van der Waals surface area contributed by atoms with Crippen molar-refractivity contribution in [1.29, 1.82) is 0 Å². The lowest BCUT2D eigenvalue weighted by molar-refractivity contribution is 0.361. The highest BCUT2D eigenvalue weighted by molar-refractivity contribution is 14.2. The lowest BCUT2D eigenvalue weighted by Gasteiger charge is -1.97. The molecule has 0 saturated heterocycles. The van der Waals surface area contributed by atoms with Gasteiger partial charge in [0, 0.05) is 21.2 Å². The minimum atomic E-state index is 0.821. The predicted octanol–water partition coefficient (Wildman–Crippen LogP) is 2.52. The molecule has 0 amide bonds. The highest BCUT2D eigenvalue weighted by Crippen LogP contribution is 2.13. The van der Waals surface area contributed by atoms with Gasteiger partial charge in [0.1, 0.15) is 0 Å². The minimum Gasteiger partial charge on any atom is -0.330 e. The summed E-state index contributed by atoms with van der Waals surface area (Å²) < 4.78 is 5.09. The van der Waals surface area contributed by atoms with Crippen molar-refractivity contribution in [1.82, 2.24) is 0 Å². The van der Waals surface area contributed by atoms with E-state index in [1.165, 1.54) is 22.1 Å². The maximum Gasteiger partial charge on any atom is 0.0650 e. The molecule has 4 heteroatoms. The monoisotopic (exact) mass is 275 g/mol. The summed E-state index contributed by atoms with van der Waals surface area (Å²) in [6.07, 6.45) is 4.80. The fraction of sp³-hybridized carbons (Fsp3) is 1.00. The van der Waals surface area contributed by atoms with Gasteiger partial charge in [0.05, 0.1) is 15.8 Å². The Kier molecular flexibility index (Phi) is 11.0. The van der Waals surface area contributed by atoms with Gasteiger partial charge in [0.15, 0.2) is 0 Å². The van der Waals surface area contributed by atoms with Gasteiger partial charge >= 0.3 is 0 Å². The number of nitrogens with two attached hydrogens (primary N) is 1. The second-order valence-corrected chi connectivity index (χ2v) is 3.53. The van der Waals surface area contributed by atoms with Gasteiger partial charge in [-0.05, 0) is 19.4 Å². The maximum absolute atomic E-state index is 5.33. The number of hydrogen-bond donors (Lipinski definition) is 1. The largest absolute Gasteiger partial charge is 0.330 e. The molecule has 0 radical (unpaired) electrons. The molecule has 0 heterocycles. The lowest BCUT2D eigenvalue weighted by Crippen LogP contribution is -1.98. The van der Waals surface area contributed by atoms with Crippen LogP contribution in [0.3, 0.4) is 0 Å². The number of halogens is 1. The van der Waals surface area contributed by atoms with Crippen molar-refractivity contribution in [2.45, 2.75) is 25.7 Å². The molecule has 0 rings (SSSR count). The van der Waals surface area contributed by atoms with Crippen molar-refractivity contribution in [3.8, 4) is 0 Å². The average Bonchev–Trinajstić information content (AvgIpc) is 1.97. The van der Waals surface area contributed by atoms with Crippen molar-refractivity contribution < 1.29 is 4.18 Å². The SMILES string of the molecule is NCCCCCCOSI. The summed E-state index contributed by atoms with van der Waals surface area (Å²) in [6, 6.07) is 0. The van der Waals surface area contributed by atoms with Crippen molar-refractivity contribution in [2.75, 3.05) is 13.2 Å². The Morgan fingerprint density at radius 1 is 1.20 bits per heavy atom. The van der Waals surface area contributed by atoms with E-state index in [1.807, 2.05) is 0 Å². The Morgan fingerprint density at radius 2 is 1.90 bits per heavy atom. The first-order chi connectivity index (χ1) is 4.91. The standard InChI is InChI=1S/C6H14INOS/c7-10-9-6-4-2-1-3-5-8/h1-6,8H2. The molecule has 2 nitrogen and oxygen atoms in total. The molecule has 0 bridgehead atoms. The summed E-state index contributed by atoms with van der Waals surface area (Å²) in [5, 5.41) is 0. The third kappa shape index (κ3) is 9.00. The van der Waals surface area contributed by atoms with Gasteiger partial charge in [-0.25, -0.2) is 0 Å². The first-order valence-electron chi connectivity index (χ1n) is 3.52. The molecule has 0 atom stereocenters. The molecule has 0 aliphatic rings. The van der Waals surface area contributed by atoms with Crippen molar-refractivity contribution in [2.24, 2.45) is 5.73 Å². The molecule has 62 valence electrons. The summed E-state index contributed by atoms with van der Waals surface area (Å²) in [5.74, 6) is 0. The van der Waals surface area contributed by atoms with Crippen molar-refractivity contribution >= 4 is 30.4 Å². The molecule has 0 unspecified atom stereocenters. The summed E-state index contributed by atoms with van der Waals surface area (Å²) in [5.41, 5.74) is 5.33. The van der Waals surface area contributed by atoms with E-state index < -0.39 is 0 Å². The topological polar surface area (TPSA) is 35.2 Å². The third-order valence-corrected chi connectivity index (χ3v) is 2.24. The van der Waals surface area contributed by atoms with E-state index in [9.17, 15) is 0 Å². The van der Waals surface area contributed by atoms with E-state index in [1.54, 1.807) is 0 Å². The van der Waals surface area contributed by atoms with Crippen LogP contribution >= 0.6 is 30.4 Å². The molecule has 0 aromatic rings. The van der Waals surface area contributed by atoms with Crippen LogP contribution in [-0.4, -0.2) is 13.2 Å². The van der Waals surface area contributed by atoms with E-state index in [0.29, 0.717) is 0 Å². The molecule has 0 aromatic heterocycles. The Labute approximate surface area is 79.1 Å². The number of rotatable bonds is 7. The molecular weight excluding hydrogens is 261 g/mol. The fourth-order valence-corrected chi connectivity index (χ4v) is 1.41. The second kappa shape index (κ2) is 10.0. The summed E-state index contributed by atoms with van der Waals surface area (Å²) >= 11 is 2.13. The molecule has 0 saturated carbocycles. The average molecular weight is 275 g/mol. The Bertz CT molecular complexity index is 57.7. The van der Waals surface area contributed by atoms with Gasteiger partial charge in [-0.3, -0.25) is 0 Å².